The summed E-state index contributed by atoms with van der Waals surface area (Å²) in [6.07, 6.45) is 5.28. The number of rotatable bonds is 3. The molecule has 0 aliphatic rings. The summed E-state index contributed by atoms with van der Waals surface area (Å²) >= 11 is 0. The first-order valence-electron chi connectivity index (χ1n) is 8.20. The van der Waals surface area contributed by atoms with E-state index in [-0.39, 0.29) is 5.56 Å². The van der Waals surface area contributed by atoms with Gasteiger partial charge in [-0.05, 0) is 43.3 Å². The van der Waals surface area contributed by atoms with Gasteiger partial charge in [0.1, 0.15) is 17.0 Å². The van der Waals surface area contributed by atoms with Crippen LogP contribution in [0, 0.1) is 6.92 Å². The van der Waals surface area contributed by atoms with E-state index in [0.29, 0.717) is 22.7 Å². The van der Waals surface area contributed by atoms with Crippen LogP contribution in [0.2, 0.25) is 0 Å². The molecule has 0 saturated heterocycles. The average Bonchev–Trinajstić information content (AvgIpc) is 3.11. The van der Waals surface area contributed by atoms with Crippen molar-refractivity contribution in [2.24, 2.45) is 7.05 Å². The quantitative estimate of drug-likeness (QED) is 0.555. The van der Waals surface area contributed by atoms with Crippen molar-refractivity contribution in [3.63, 3.8) is 0 Å². The molecule has 0 fully saturated rings. The highest BCUT2D eigenvalue weighted by Crippen LogP contribution is 2.38. The summed E-state index contributed by atoms with van der Waals surface area (Å²) in [7, 11) is 1.73. The SMILES string of the molecule is Cc1ncccc1Oc1ccc(N)cc1-c1cn(C)c(=O)c2[nH]ccc12. The number of nitrogens with zero attached hydrogens (tertiary/aromatic N) is 2. The largest absolute Gasteiger partial charge is 0.455 e. The highest BCUT2D eigenvalue weighted by molar-refractivity contribution is 5.96. The van der Waals surface area contributed by atoms with Gasteiger partial charge in [0.05, 0.1) is 5.69 Å². The zero-order valence-corrected chi connectivity index (χ0v) is 14.5. The van der Waals surface area contributed by atoms with Gasteiger partial charge in [-0.3, -0.25) is 9.78 Å². The Hall–Kier alpha value is -3.54. The summed E-state index contributed by atoms with van der Waals surface area (Å²) < 4.78 is 7.68. The first-order chi connectivity index (χ1) is 12.5. The Bertz CT molecular complexity index is 1170. The van der Waals surface area contributed by atoms with Crippen LogP contribution >= 0.6 is 0 Å². The van der Waals surface area contributed by atoms with E-state index in [1.807, 2.05) is 37.3 Å². The van der Waals surface area contributed by atoms with Crippen molar-refractivity contribution in [3.05, 3.63) is 71.0 Å². The van der Waals surface area contributed by atoms with E-state index in [2.05, 4.69) is 9.97 Å². The average molecular weight is 346 g/mol. The van der Waals surface area contributed by atoms with Crippen LogP contribution in [0.5, 0.6) is 11.5 Å². The minimum Gasteiger partial charge on any atom is -0.455 e. The van der Waals surface area contributed by atoms with E-state index in [9.17, 15) is 4.79 Å². The van der Waals surface area contributed by atoms with Gasteiger partial charge in [0.2, 0.25) is 0 Å². The molecule has 3 N–H and O–H groups in total. The number of aryl methyl sites for hydroxylation is 2. The molecule has 6 heteroatoms. The molecule has 4 aromatic rings. The Morgan fingerprint density at radius 2 is 2.00 bits per heavy atom. The molecule has 0 unspecified atom stereocenters. The van der Waals surface area contributed by atoms with Crippen LogP contribution in [0.4, 0.5) is 5.69 Å². The molecule has 26 heavy (non-hydrogen) atoms. The topological polar surface area (TPSA) is 85.9 Å². The van der Waals surface area contributed by atoms with E-state index < -0.39 is 0 Å². The van der Waals surface area contributed by atoms with Gasteiger partial charge >= 0.3 is 0 Å². The van der Waals surface area contributed by atoms with E-state index >= 15 is 0 Å². The van der Waals surface area contributed by atoms with Gasteiger partial charge in [-0.2, -0.15) is 0 Å². The number of ether oxygens (including phenoxy) is 1. The molecule has 0 bridgehead atoms. The zero-order valence-electron chi connectivity index (χ0n) is 14.5. The maximum Gasteiger partial charge on any atom is 0.274 e. The number of nitrogens with two attached hydrogens (primary N) is 1. The fourth-order valence-electron chi connectivity index (χ4n) is 3.03. The predicted molar refractivity (Wildman–Crippen MR) is 102 cm³/mol. The third kappa shape index (κ3) is 2.61. The number of nitrogen functional groups attached to an aromatic ring is 1. The summed E-state index contributed by atoms with van der Waals surface area (Å²) in [5.74, 6) is 1.32. The molecular weight excluding hydrogens is 328 g/mol. The third-order valence-electron chi connectivity index (χ3n) is 4.37. The smallest absolute Gasteiger partial charge is 0.274 e. The summed E-state index contributed by atoms with van der Waals surface area (Å²) in [5.41, 5.74) is 9.60. The molecule has 0 spiro atoms. The van der Waals surface area contributed by atoms with Crippen molar-refractivity contribution in [1.29, 1.82) is 0 Å². The number of anilines is 1. The lowest BCUT2D eigenvalue weighted by Crippen LogP contribution is -2.16. The van der Waals surface area contributed by atoms with Crippen LogP contribution in [0.3, 0.4) is 0 Å². The lowest BCUT2D eigenvalue weighted by Gasteiger charge is -2.15. The van der Waals surface area contributed by atoms with Crippen molar-refractivity contribution >= 4 is 16.6 Å². The van der Waals surface area contributed by atoms with Crippen molar-refractivity contribution in [2.75, 3.05) is 5.73 Å². The van der Waals surface area contributed by atoms with Gasteiger partial charge in [-0.15, -0.1) is 0 Å². The lowest BCUT2D eigenvalue weighted by molar-refractivity contribution is 0.477. The molecule has 4 rings (SSSR count). The fourth-order valence-corrected chi connectivity index (χ4v) is 3.03. The van der Waals surface area contributed by atoms with Crippen molar-refractivity contribution in [3.8, 4) is 22.6 Å². The van der Waals surface area contributed by atoms with E-state index in [4.69, 9.17) is 10.5 Å². The Kier molecular flexibility index (Phi) is 3.73. The van der Waals surface area contributed by atoms with E-state index in [0.717, 1.165) is 22.2 Å². The zero-order chi connectivity index (χ0) is 18.3. The van der Waals surface area contributed by atoms with E-state index in [1.165, 1.54) is 0 Å². The molecule has 3 aromatic heterocycles. The molecule has 0 amide bonds. The minimum atomic E-state index is -0.0803. The van der Waals surface area contributed by atoms with Crippen LogP contribution in [-0.2, 0) is 7.05 Å². The molecule has 6 nitrogen and oxygen atoms in total. The monoisotopic (exact) mass is 346 g/mol. The van der Waals surface area contributed by atoms with Crippen LogP contribution in [0.15, 0.2) is 59.8 Å². The number of pyridine rings is 2. The molecule has 0 saturated carbocycles. The number of aromatic nitrogens is 3. The summed E-state index contributed by atoms with van der Waals surface area (Å²) in [5, 5.41) is 0.825. The van der Waals surface area contributed by atoms with Gasteiger partial charge in [-0.1, -0.05) is 0 Å². The molecule has 1 aromatic carbocycles. The number of H-pyrrole nitrogens is 1. The Balaban J connectivity index is 1.94. The Morgan fingerprint density at radius 3 is 2.81 bits per heavy atom. The van der Waals surface area contributed by atoms with Crippen LogP contribution in [0.25, 0.3) is 22.0 Å². The number of hydrogen-bond donors (Lipinski definition) is 2. The highest BCUT2D eigenvalue weighted by Gasteiger charge is 2.15. The standard InChI is InChI=1S/C20H18N4O2/c1-12-17(4-3-8-22-12)26-18-6-5-13(21)10-15(18)16-11-24(2)20(25)19-14(16)7-9-23-19/h3-11,23H,21H2,1-2H3. The number of nitrogens with one attached hydrogen (secondary N) is 1. The molecule has 130 valence electrons. The predicted octanol–water partition coefficient (Wildman–Crippen LogP) is 3.61. The maximum absolute atomic E-state index is 12.3. The second kappa shape index (κ2) is 6.07. The lowest BCUT2D eigenvalue weighted by atomic mass is 10.0. The molecule has 0 radical (unpaired) electrons. The molecule has 0 atom stereocenters. The van der Waals surface area contributed by atoms with Gasteiger partial charge in [0.15, 0.2) is 0 Å². The fraction of sp³-hybridized carbons (Fsp3) is 0.100. The molecular formula is C20H18N4O2. The molecule has 0 aliphatic carbocycles. The maximum atomic E-state index is 12.3. The minimum absolute atomic E-state index is 0.0803. The van der Waals surface area contributed by atoms with Crippen LogP contribution in [0.1, 0.15) is 5.69 Å². The van der Waals surface area contributed by atoms with Crippen LogP contribution < -0.4 is 16.0 Å². The second-order valence-corrected chi connectivity index (χ2v) is 6.17. The molecule has 3 heterocycles. The number of fused-ring (bicyclic) bond motifs is 1. The number of hydrogen-bond acceptors (Lipinski definition) is 4. The Labute approximate surface area is 149 Å². The Morgan fingerprint density at radius 1 is 1.15 bits per heavy atom. The highest BCUT2D eigenvalue weighted by atomic mass is 16.5. The van der Waals surface area contributed by atoms with Gasteiger partial charge in [0, 0.05) is 47.8 Å². The van der Waals surface area contributed by atoms with Crippen molar-refractivity contribution in [1.82, 2.24) is 14.5 Å². The number of benzene rings is 1. The summed E-state index contributed by atoms with van der Waals surface area (Å²) in [6, 6.07) is 11.1. The first kappa shape index (κ1) is 16.0. The summed E-state index contributed by atoms with van der Waals surface area (Å²) in [4.78, 5) is 19.6. The normalized spacial score (nSPS) is 11.0. The first-order valence-corrected chi connectivity index (χ1v) is 8.20. The second-order valence-electron chi connectivity index (χ2n) is 6.17. The van der Waals surface area contributed by atoms with Gasteiger partial charge in [-0.25, -0.2) is 0 Å². The van der Waals surface area contributed by atoms with Gasteiger partial charge in [0.25, 0.3) is 5.56 Å². The number of aromatic amines is 1. The van der Waals surface area contributed by atoms with Crippen LogP contribution in [-0.4, -0.2) is 14.5 Å². The van der Waals surface area contributed by atoms with Crippen molar-refractivity contribution in [2.45, 2.75) is 6.92 Å². The third-order valence-corrected chi connectivity index (χ3v) is 4.37. The molecule has 0 aliphatic heterocycles. The summed E-state index contributed by atoms with van der Waals surface area (Å²) in [6.45, 7) is 1.89. The van der Waals surface area contributed by atoms with Gasteiger partial charge < -0.3 is 20.0 Å². The van der Waals surface area contributed by atoms with Crippen molar-refractivity contribution < 1.29 is 4.74 Å². The van der Waals surface area contributed by atoms with E-state index in [1.54, 1.807) is 36.3 Å².